The Balaban J connectivity index is 1.57. The van der Waals surface area contributed by atoms with Crippen molar-refractivity contribution in [2.45, 2.75) is 37.2 Å². The largest absolute Gasteiger partial charge is 0.424 e. The van der Waals surface area contributed by atoms with Crippen LogP contribution in [0.5, 0.6) is 0 Å². The van der Waals surface area contributed by atoms with Gasteiger partial charge in [0.25, 0.3) is 5.22 Å². The Morgan fingerprint density at radius 1 is 1.00 bits per heavy atom. The number of hydrogen-bond donors (Lipinski definition) is 0. The lowest BCUT2D eigenvalue weighted by Gasteiger charge is -2.01. The Bertz CT molecular complexity index is 726. The molecule has 2 aromatic heterocycles. The lowest BCUT2D eigenvalue weighted by Crippen LogP contribution is -1.90. The first-order chi connectivity index (χ1) is 10.7. The summed E-state index contributed by atoms with van der Waals surface area (Å²) in [7, 11) is 0. The Morgan fingerprint density at radius 2 is 1.82 bits per heavy atom. The molecule has 0 saturated heterocycles. The molecule has 0 aliphatic rings. The van der Waals surface area contributed by atoms with Gasteiger partial charge in [-0.3, -0.25) is 0 Å². The molecule has 0 amide bonds. The van der Waals surface area contributed by atoms with Crippen molar-refractivity contribution in [2.75, 3.05) is 0 Å². The van der Waals surface area contributed by atoms with Crippen LogP contribution in [0.1, 0.15) is 35.4 Å². The predicted octanol–water partition coefficient (Wildman–Crippen LogP) is 3.40. The number of thioether (sulfide) groups is 1. The van der Waals surface area contributed by atoms with Gasteiger partial charge < -0.3 is 8.83 Å². The van der Waals surface area contributed by atoms with Gasteiger partial charge in [0.15, 0.2) is 0 Å². The van der Waals surface area contributed by atoms with E-state index in [2.05, 4.69) is 32.5 Å². The second-order valence-corrected chi connectivity index (χ2v) is 6.16. The number of benzene rings is 1. The van der Waals surface area contributed by atoms with Crippen LogP contribution in [0.4, 0.5) is 0 Å². The molecule has 22 heavy (non-hydrogen) atoms. The standard InChI is InChI=1S/C15H16N4O2S/c1-10(14-18-16-11(2)20-14)22-15-19-17-13(21-15)9-8-12-6-4-3-5-7-12/h3-7,10H,8-9H2,1-2H3. The SMILES string of the molecule is Cc1nnc(C(C)Sc2nnc(CCc3ccccc3)o2)o1. The van der Waals surface area contributed by atoms with Crippen molar-refractivity contribution in [3.63, 3.8) is 0 Å². The van der Waals surface area contributed by atoms with Crippen LogP contribution in [0.25, 0.3) is 0 Å². The summed E-state index contributed by atoms with van der Waals surface area (Å²) in [5.74, 6) is 1.75. The fourth-order valence-corrected chi connectivity index (χ4v) is 2.69. The van der Waals surface area contributed by atoms with Crippen LogP contribution in [0, 0.1) is 6.92 Å². The summed E-state index contributed by atoms with van der Waals surface area (Å²) in [4.78, 5) is 0. The van der Waals surface area contributed by atoms with Gasteiger partial charge in [0.05, 0.1) is 5.25 Å². The minimum Gasteiger partial charge on any atom is -0.424 e. The molecule has 3 rings (SSSR count). The number of hydrogen-bond acceptors (Lipinski definition) is 7. The maximum absolute atomic E-state index is 5.66. The predicted molar refractivity (Wildman–Crippen MR) is 81.5 cm³/mol. The monoisotopic (exact) mass is 316 g/mol. The van der Waals surface area contributed by atoms with Gasteiger partial charge in [0.2, 0.25) is 17.7 Å². The van der Waals surface area contributed by atoms with Crippen LogP contribution in [-0.4, -0.2) is 20.4 Å². The first-order valence-corrected chi connectivity index (χ1v) is 7.91. The fraction of sp³-hybridized carbons (Fsp3) is 0.333. The van der Waals surface area contributed by atoms with E-state index in [1.807, 2.05) is 25.1 Å². The summed E-state index contributed by atoms with van der Waals surface area (Å²) in [6.45, 7) is 3.73. The van der Waals surface area contributed by atoms with Gasteiger partial charge in [0.1, 0.15) is 0 Å². The van der Waals surface area contributed by atoms with Crippen molar-refractivity contribution in [1.29, 1.82) is 0 Å². The van der Waals surface area contributed by atoms with Crippen LogP contribution in [0.2, 0.25) is 0 Å². The lowest BCUT2D eigenvalue weighted by atomic mass is 10.1. The summed E-state index contributed by atoms with van der Waals surface area (Å²) >= 11 is 1.42. The van der Waals surface area contributed by atoms with E-state index in [1.54, 1.807) is 6.92 Å². The molecule has 0 saturated carbocycles. The average molecular weight is 316 g/mol. The number of aromatic nitrogens is 4. The normalized spacial score (nSPS) is 12.5. The minimum absolute atomic E-state index is 0.0244. The van der Waals surface area contributed by atoms with Gasteiger partial charge in [-0.25, -0.2) is 0 Å². The molecule has 1 atom stereocenters. The molecule has 0 bridgehead atoms. The highest BCUT2D eigenvalue weighted by atomic mass is 32.2. The number of aryl methyl sites for hydroxylation is 3. The molecule has 0 aliphatic carbocycles. The third-order valence-electron chi connectivity index (χ3n) is 3.09. The average Bonchev–Trinajstić information content (AvgIpc) is 3.15. The minimum atomic E-state index is -0.0244. The summed E-state index contributed by atoms with van der Waals surface area (Å²) < 4.78 is 11.1. The van der Waals surface area contributed by atoms with Crippen molar-refractivity contribution in [1.82, 2.24) is 20.4 Å². The van der Waals surface area contributed by atoms with Gasteiger partial charge in [-0.15, -0.1) is 20.4 Å². The van der Waals surface area contributed by atoms with Crippen molar-refractivity contribution >= 4 is 11.8 Å². The third kappa shape index (κ3) is 3.73. The Hall–Kier alpha value is -2.15. The molecule has 0 spiro atoms. The van der Waals surface area contributed by atoms with Gasteiger partial charge in [-0.1, -0.05) is 42.1 Å². The van der Waals surface area contributed by atoms with E-state index >= 15 is 0 Å². The van der Waals surface area contributed by atoms with Gasteiger partial charge in [-0.2, -0.15) is 0 Å². The molecular formula is C15H16N4O2S. The maximum Gasteiger partial charge on any atom is 0.277 e. The van der Waals surface area contributed by atoms with Crippen LogP contribution in [0.15, 0.2) is 44.4 Å². The zero-order valence-electron chi connectivity index (χ0n) is 12.4. The molecule has 7 heteroatoms. The van der Waals surface area contributed by atoms with Gasteiger partial charge >= 0.3 is 0 Å². The summed E-state index contributed by atoms with van der Waals surface area (Å²) in [5.41, 5.74) is 1.25. The first kappa shape index (κ1) is 14.8. The molecule has 0 radical (unpaired) electrons. The first-order valence-electron chi connectivity index (χ1n) is 7.03. The summed E-state index contributed by atoms with van der Waals surface area (Å²) in [6.07, 6.45) is 1.61. The fourth-order valence-electron chi connectivity index (χ4n) is 1.96. The second-order valence-electron chi connectivity index (χ2n) is 4.87. The summed E-state index contributed by atoms with van der Waals surface area (Å²) in [6, 6.07) is 10.2. The quantitative estimate of drug-likeness (QED) is 0.645. The van der Waals surface area contributed by atoms with Crippen molar-refractivity contribution in [2.24, 2.45) is 0 Å². The van der Waals surface area contributed by atoms with Crippen molar-refractivity contribution in [3.8, 4) is 0 Å². The number of rotatable bonds is 6. The Morgan fingerprint density at radius 3 is 2.55 bits per heavy atom. The molecule has 6 nitrogen and oxygen atoms in total. The molecule has 114 valence electrons. The third-order valence-corrected chi connectivity index (χ3v) is 4.01. The maximum atomic E-state index is 5.66. The van der Waals surface area contributed by atoms with E-state index < -0.39 is 0 Å². The van der Waals surface area contributed by atoms with E-state index in [-0.39, 0.29) is 5.25 Å². The highest BCUT2D eigenvalue weighted by Crippen LogP contribution is 2.33. The summed E-state index contributed by atoms with van der Waals surface area (Å²) in [5, 5.41) is 16.4. The molecular weight excluding hydrogens is 300 g/mol. The van der Waals surface area contributed by atoms with Crippen LogP contribution >= 0.6 is 11.8 Å². The Labute approximate surface area is 132 Å². The van der Waals surface area contributed by atoms with Crippen molar-refractivity contribution < 1.29 is 8.83 Å². The number of nitrogens with zero attached hydrogens (tertiary/aromatic N) is 4. The smallest absolute Gasteiger partial charge is 0.277 e. The molecule has 1 unspecified atom stereocenters. The van der Waals surface area contributed by atoms with Gasteiger partial charge in [-0.05, 0) is 18.9 Å². The van der Waals surface area contributed by atoms with Crippen LogP contribution < -0.4 is 0 Å². The molecule has 0 N–H and O–H groups in total. The zero-order valence-corrected chi connectivity index (χ0v) is 13.2. The molecule has 1 aromatic carbocycles. The van der Waals surface area contributed by atoms with E-state index in [4.69, 9.17) is 8.83 Å². The molecule has 3 aromatic rings. The highest BCUT2D eigenvalue weighted by Gasteiger charge is 2.18. The molecule has 2 heterocycles. The lowest BCUT2D eigenvalue weighted by molar-refractivity contribution is 0.410. The second kappa shape index (κ2) is 6.74. The van der Waals surface area contributed by atoms with E-state index in [0.717, 1.165) is 12.8 Å². The molecule has 0 aliphatic heterocycles. The zero-order chi connectivity index (χ0) is 15.4. The van der Waals surface area contributed by atoms with E-state index in [1.165, 1.54) is 17.3 Å². The van der Waals surface area contributed by atoms with Gasteiger partial charge in [0, 0.05) is 13.3 Å². The van der Waals surface area contributed by atoms with Crippen molar-refractivity contribution in [3.05, 3.63) is 53.6 Å². The van der Waals surface area contributed by atoms with Crippen LogP contribution in [0.3, 0.4) is 0 Å². The van der Waals surface area contributed by atoms with E-state index in [9.17, 15) is 0 Å². The highest BCUT2D eigenvalue weighted by molar-refractivity contribution is 7.99. The molecule has 0 fully saturated rings. The van der Waals surface area contributed by atoms with Crippen LogP contribution in [-0.2, 0) is 12.8 Å². The van der Waals surface area contributed by atoms with E-state index in [0.29, 0.717) is 22.9 Å². The Kier molecular flexibility index (Phi) is 4.53. The topological polar surface area (TPSA) is 77.8 Å².